The molecule has 0 N–H and O–H groups in total. The SMILES string of the molecule is COc1ccccc1S(=O)CC(=O)c1ccc(F)cc1F. The lowest BCUT2D eigenvalue weighted by Gasteiger charge is -2.08. The highest BCUT2D eigenvalue weighted by Gasteiger charge is 2.18. The number of ketones is 1. The van der Waals surface area contributed by atoms with E-state index in [1.807, 2.05) is 0 Å². The number of carbonyl (C=O) groups excluding carboxylic acids is 1. The third-order valence-corrected chi connectivity index (χ3v) is 4.16. The molecule has 21 heavy (non-hydrogen) atoms. The predicted octanol–water partition coefficient (Wildman–Crippen LogP) is 2.96. The number of carbonyl (C=O) groups is 1. The maximum Gasteiger partial charge on any atom is 0.178 e. The van der Waals surface area contributed by atoms with E-state index in [0.29, 0.717) is 16.7 Å². The first-order valence-corrected chi connectivity index (χ1v) is 7.34. The van der Waals surface area contributed by atoms with Gasteiger partial charge in [0, 0.05) is 6.07 Å². The summed E-state index contributed by atoms with van der Waals surface area (Å²) in [5.74, 6) is -2.39. The molecule has 0 saturated carbocycles. The fourth-order valence-electron chi connectivity index (χ4n) is 1.80. The lowest BCUT2D eigenvalue weighted by molar-refractivity contribution is 0.101. The summed E-state index contributed by atoms with van der Waals surface area (Å²) in [4.78, 5) is 12.3. The molecule has 0 amide bonds. The van der Waals surface area contributed by atoms with Crippen LogP contribution in [0.3, 0.4) is 0 Å². The van der Waals surface area contributed by atoms with Crippen molar-refractivity contribution in [2.45, 2.75) is 4.90 Å². The number of Topliss-reactive ketones (excluding diaryl/α,β-unsaturated/α-hetero) is 1. The highest BCUT2D eigenvalue weighted by molar-refractivity contribution is 7.86. The second-order valence-electron chi connectivity index (χ2n) is 4.19. The van der Waals surface area contributed by atoms with E-state index >= 15 is 0 Å². The van der Waals surface area contributed by atoms with Crippen LogP contribution in [-0.4, -0.2) is 22.9 Å². The lowest BCUT2D eigenvalue weighted by Crippen LogP contribution is -2.13. The third kappa shape index (κ3) is 3.52. The van der Waals surface area contributed by atoms with E-state index in [4.69, 9.17) is 4.74 Å². The van der Waals surface area contributed by atoms with Crippen molar-refractivity contribution in [2.24, 2.45) is 0 Å². The summed E-state index contributed by atoms with van der Waals surface area (Å²) < 4.78 is 43.6. The van der Waals surface area contributed by atoms with Crippen molar-refractivity contribution < 1.29 is 22.5 Å². The fraction of sp³-hybridized carbons (Fsp3) is 0.133. The maximum atomic E-state index is 13.5. The number of hydrogen-bond acceptors (Lipinski definition) is 3. The Kier molecular flexibility index (Phi) is 4.80. The van der Waals surface area contributed by atoms with Crippen molar-refractivity contribution in [1.29, 1.82) is 0 Å². The Morgan fingerprint density at radius 1 is 1.19 bits per heavy atom. The third-order valence-electron chi connectivity index (χ3n) is 2.81. The van der Waals surface area contributed by atoms with Crippen molar-refractivity contribution in [1.82, 2.24) is 0 Å². The lowest BCUT2D eigenvalue weighted by atomic mass is 10.1. The minimum absolute atomic E-state index is 0.278. The zero-order valence-corrected chi connectivity index (χ0v) is 12.0. The second kappa shape index (κ2) is 6.58. The van der Waals surface area contributed by atoms with Crippen LogP contribution in [0.2, 0.25) is 0 Å². The van der Waals surface area contributed by atoms with Gasteiger partial charge in [-0.25, -0.2) is 8.78 Å². The summed E-state index contributed by atoms with van der Waals surface area (Å²) in [6.07, 6.45) is 0. The molecule has 0 aromatic heterocycles. The average Bonchev–Trinajstić information content (AvgIpc) is 2.46. The van der Waals surface area contributed by atoms with Gasteiger partial charge in [0.15, 0.2) is 5.78 Å². The van der Waals surface area contributed by atoms with Gasteiger partial charge < -0.3 is 4.74 Å². The van der Waals surface area contributed by atoms with Crippen LogP contribution < -0.4 is 4.74 Å². The molecule has 3 nitrogen and oxygen atoms in total. The fourth-order valence-corrected chi connectivity index (χ4v) is 2.95. The summed E-state index contributed by atoms with van der Waals surface area (Å²) >= 11 is 0. The van der Waals surface area contributed by atoms with Crippen molar-refractivity contribution in [3.05, 3.63) is 59.7 Å². The number of benzene rings is 2. The number of ether oxygens (including phenoxy) is 1. The molecule has 0 saturated heterocycles. The minimum atomic E-state index is -1.67. The molecule has 0 radical (unpaired) electrons. The van der Waals surface area contributed by atoms with Crippen LogP contribution in [0.4, 0.5) is 8.78 Å². The molecule has 0 aliphatic carbocycles. The van der Waals surface area contributed by atoms with Crippen LogP contribution in [0.15, 0.2) is 47.4 Å². The second-order valence-corrected chi connectivity index (χ2v) is 5.61. The van der Waals surface area contributed by atoms with Crippen molar-refractivity contribution >= 4 is 16.6 Å². The van der Waals surface area contributed by atoms with Gasteiger partial charge in [0.1, 0.15) is 17.4 Å². The quantitative estimate of drug-likeness (QED) is 0.798. The standard InChI is InChI=1S/C15H12F2O3S/c1-20-14-4-2-3-5-15(14)21(19)9-13(18)11-7-6-10(16)8-12(11)17/h2-8H,9H2,1H3. The molecule has 2 aromatic rings. The Labute approximate surface area is 123 Å². The Bertz CT molecular complexity index is 701. The normalized spacial score (nSPS) is 12.0. The monoisotopic (exact) mass is 310 g/mol. The molecular formula is C15H12F2O3S. The molecule has 1 unspecified atom stereocenters. The summed E-state index contributed by atoms with van der Waals surface area (Å²) in [6, 6.07) is 9.23. The molecule has 0 heterocycles. The smallest absolute Gasteiger partial charge is 0.178 e. The van der Waals surface area contributed by atoms with Gasteiger partial charge in [0.25, 0.3) is 0 Å². The number of methoxy groups -OCH3 is 1. The first-order chi connectivity index (χ1) is 10.0. The molecule has 0 bridgehead atoms. The molecule has 0 aliphatic rings. The van der Waals surface area contributed by atoms with Crippen LogP contribution >= 0.6 is 0 Å². The van der Waals surface area contributed by atoms with Gasteiger partial charge in [0.2, 0.25) is 0 Å². The molecule has 0 aliphatic heterocycles. The summed E-state index contributed by atoms with van der Waals surface area (Å²) in [5, 5.41) is 0. The van der Waals surface area contributed by atoms with Gasteiger partial charge in [-0.3, -0.25) is 9.00 Å². The molecule has 6 heteroatoms. The van der Waals surface area contributed by atoms with Gasteiger partial charge in [0.05, 0.1) is 34.1 Å². The minimum Gasteiger partial charge on any atom is -0.495 e. The van der Waals surface area contributed by atoms with Crippen LogP contribution in [-0.2, 0) is 10.8 Å². The molecule has 2 aromatic carbocycles. The molecule has 2 rings (SSSR count). The molecular weight excluding hydrogens is 298 g/mol. The highest BCUT2D eigenvalue weighted by Crippen LogP contribution is 2.22. The Balaban J connectivity index is 2.21. The van der Waals surface area contributed by atoms with E-state index in [2.05, 4.69) is 0 Å². The van der Waals surface area contributed by atoms with Gasteiger partial charge in [-0.15, -0.1) is 0 Å². The van der Waals surface area contributed by atoms with Gasteiger partial charge >= 0.3 is 0 Å². The van der Waals surface area contributed by atoms with Crippen LogP contribution in [0.1, 0.15) is 10.4 Å². The molecule has 1 atom stereocenters. The first-order valence-electron chi connectivity index (χ1n) is 6.02. The maximum absolute atomic E-state index is 13.5. The van der Waals surface area contributed by atoms with Crippen molar-refractivity contribution in [3.8, 4) is 5.75 Å². The van der Waals surface area contributed by atoms with Crippen LogP contribution in [0.25, 0.3) is 0 Å². The number of halogens is 2. The molecule has 0 fully saturated rings. The van der Waals surface area contributed by atoms with E-state index in [0.717, 1.165) is 12.1 Å². The van der Waals surface area contributed by atoms with E-state index in [1.165, 1.54) is 7.11 Å². The summed E-state index contributed by atoms with van der Waals surface area (Å²) in [5.41, 5.74) is -0.278. The largest absolute Gasteiger partial charge is 0.495 e. The zero-order valence-electron chi connectivity index (χ0n) is 11.1. The number of para-hydroxylation sites is 1. The van der Waals surface area contributed by atoms with Crippen LogP contribution in [0, 0.1) is 11.6 Å². The summed E-state index contributed by atoms with van der Waals surface area (Å²) in [6.45, 7) is 0. The topological polar surface area (TPSA) is 43.4 Å². The first kappa shape index (κ1) is 15.3. The van der Waals surface area contributed by atoms with Gasteiger partial charge in [-0.1, -0.05) is 12.1 Å². The Morgan fingerprint density at radius 3 is 2.57 bits per heavy atom. The van der Waals surface area contributed by atoms with E-state index in [1.54, 1.807) is 24.3 Å². The van der Waals surface area contributed by atoms with Crippen LogP contribution in [0.5, 0.6) is 5.75 Å². The van der Waals surface area contributed by atoms with Crippen molar-refractivity contribution in [2.75, 3.05) is 12.9 Å². The zero-order chi connectivity index (χ0) is 15.4. The van der Waals surface area contributed by atoms with Crippen molar-refractivity contribution in [3.63, 3.8) is 0 Å². The highest BCUT2D eigenvalue weighted by atomic mass is 32.2. The number of rotatable bonds is 5. The Morgan fingerprint density at radius 2 is 1.90 bits per heavy atom. The van der Waals surface area contributed by atoms with Gasteiger partial charge in [-0.2, -0.15) is 0 Å². The molecule has 110 valence electrons. The Hall–Kier alpha value is -2.08. The average molecular weight is 310 g/mol. The number of hydrogen-bond donors (Lipinski definition) is 0. The van der Waals surface area contributed by atoms with Gasteiger partial charge in [-0.05, 0) is 24.3 Å². The predicted molar refractivity (Wildman–Crippen MR) is 75.0 cm³/mol. The summed E-state index contributed by atoms with van der Waals surface area (Å²) in [7, 11) is -0.246. The van der Waals surface area contributed by atoms with E-state index in [-0.39, 0.29) is 5.56 Å². The van der Waals surface area contributed by atoms with E-state index in [9.17, 15) is 17.8 Å². The molecule has 0 spiro atoms. The van der Waals surface area contributed by atoms with E-state index < -0.39 is 34.0 Å².